The summed E-state index contributed by atoms with van der Waals surface area (Å²) >= 11 is 0. The zero-order valence-corrected chi connectivity index (χ0v) is 12.6. The number of hydrogen-bond donors (Lipinski definition) is 0. The van der Waals surface area contributed by atoms with Crippen LogP contribution in [0.2, 0.25) is 0 Å². The highest BCUT2D eigenvalue weighted by molar-refractivity contribution is 5.73. The van der Waals surface area contributed by atoms with Gasteiger partial charge in [-0.15, -0.1) is 0 Å². The summed E-state index contributed by atoms with van der Waals surface area (Å²) in [7, 11) is 0. The smallest absolute Gasteiger partial charge is 0.219 e. The maximum Gasteiger partial charge on any atom is 0.219 e. The Morgan fingerprint density at radius 3 is 2.00 bits per heavy atom. The standard InChI is InChI=1S/C16H31NO/c1-15(18)17-13-10-8-6-4-5-7-9-11-16(2,3)12-14-17/h4-14H2,1-3H3. The number of carbonyl (C=O) groups excluding carboxylic acids is 1. The normalized spacial score (nSPS) is 23.6. The fraction of sp³-hybridized carbons (Fsp3) is 0.938. The molecular weight excluding hydrogens is 222 g/mol. The van der Waals surface area contributed by atoms with E-state index in [0.717, 1.165) is 19.5 Å². The zero-order valence-electron chi connectivity index (χ0n) is 12.6. The Kier molecular flexibility index (Phi) is 6.73. The maximum atomic E-state index is 11.6. The lowest BCUT2D eigenvalue weighted by Gasteiger charge is -2.29. The van der Waals surface area contributed by atoms with E-state index in [0.29, 0.717) is 5.41 Å². The SMILES string of the molecule is CC(=O)N1CCCCCCCCCC(C)(C)CC1. The van der Waals surface area contributed by atoms with Gasteiger partial charge in [0.2, 0.25) is 5.91 Å². The molecule has 1 amide bonds. The van der Waals surface area contributed by atoms with Crippen LogP contribution in [0.3, 0.4) is 0 Å². The van der Waals surface area contributed by atoms with Crippen molar-refractivity contribution in [2.45, 2.75) is 78.6 Å². The second kappa shape index (κ2) is 7.81. The molecule has 1 aliphatic heterocycles. The number of rotatable bonds is 0. The van der Waals surface area contributed by atoms with E-state index in [4.69, 9.17) is 0 Å². The van der Waals surface area contributed by atoms with Crippen LogP contribution < -0.4 is 0 Å². The Hall–Kier alpha value is -0.530. The van der Waals surface area contributed by atoms with Crippen LogP contribution in [-0.2, 0) is 4.79 Å². The van der Waals surface area contributed by atoms with E-state index in [1.54, 1.807) is 6.92 Å². The molecule has 1 aliphatic rings. The first-order valence-corrected chi connectivity index (χ1v) is 7.77. The van der Waals surface area contributed by atoms with Crippen molar-refractivity contribution >= 4 is 5.91 Å². The van der Waals surface area contributed by atoms with Gasteiger partial charge < -0.3 is 4.90 Å². The molecule has 1 rings (SSSR count). The molecule has 0 radical (unpaired) electrons. The van der Waals surface area contributed by atoms with Crippen molar-refractivity contribution in [3.63, 3.8) is 0 Å². The van der Waals surface area contributed by atoms with Gasteiger partial charge in [0.1, 0.15) is 0 Å². The minimum absolute atomic E-state index is 0.251. The zero-order chi connectivity index (χ0) is 13.4. The van der Waals surface area contributed by atoms with Gasteiger partial charge in [0.15, 0.2) is 0 Å². The molecule has 0 aromatic carbocycles. The summed E-state index contributed by atoms with van der Waals surface area (Å²) in [4.78, 5) is 13.7. The Morgan fingerprint density at radius 2 is 1.39 bits per heavy atom. The molecule has 0 aromatic rings. The molecule has 0 bridgehead atoms. The molecule has 0 saturated carbocycles. The van der Waals surface area contributed by atoms with Gasteiger partial charge in [0.25, 0.3) is 0 Å². The minimum Gasteiger partial charge on any atom is -0.343 e. The Morgan fingerprint density at radius 1 is 0.833 bits per heavy atom. The molecule has 2 nitrogen and oxygen atoms in total. The topological polar surface area (TPSA) is 20.3 Å². The fourth-order valence-corrected chi connectivity index (χ4v) is 2.78. The van der Waals surface area contributed by atoms with Gasteiger partial charge in [-0.3, -0.25) is 4.79 Å². The van der Waals surface area contributed by atoms with Gasteiger partial charge in [0, 0.05) is 20.0 Å². The summed E-state index contributed by atoms with van der Waals surface area (Å²) in [5.41, 5.74) is 0.391. The molecule has 0 aliphatic carbocycles. The van der Waals surface area contributed by atoms with Gasteiger partial charge in [-0.1, -0.05) is 52.4 Å². The third-order valence-corrected chi connectivity index (χ3v) is 4.29. The van der Waals surface area contributed by atoms with Crippen molar-refractivity contribution < 1.29 is 4.79 Å². The summed E-state index contributed by atoms with van der Waals surface area (Å²) in [5, 5.41) is 0. The molecule has 2 heteroatoms. The van der Waals surface area contributed by atoms with Gasteiger partial charge in [-0.05, 0) is 24.7 Å². The second-order valence-electron chi connectivity index (χ2n) is 6.65. The van der Waals surface area contributed by atoms with Crippen molar-refractivity contribution in [2.75, 3.05) is 13.1 Å². The van der Waals surface area contributed by atoms with Crippen LogP contribution >= 0.6 is 0 Å². The fourth-order valence-electron chi connectivity index (χ4n) is 2.78. The Balaban J connectivity index is 2.51. The largest absolute Gasteiger partial charge is 0.343 e. The molecular formula is C16H31NO. The van der Waals surface area contributed by atoms with E-state index in [1.165, 1.54) is 51.4 Å². The molecule has 0 atom stereocenters. The van der Waals surface area contributed by atoms with Crippen LogP contribution in [0, 0.1) is 5.41 Å². The lowest BCUT2D eigenvalue weighted by Crippen LogP contribution is -2.33. The highest BCUT2D eigenvalue weighted by Gasteiger charge is 2.20. The van der Waals surface area contributed by atoms with E-state index in [-0.39, 0.29) is 5.91 Å². The number of amides is 1. The van der Waals surface area contributed by atoms with Gasteiger partial charge in [0.05, 0.1) is 0 Å². The van der Waals surface area contributed by atoms with Crippen LogP contribution in [0.15, 0.2) is 0 Å². The van der Waals surface area contributed by atoms with Crippen molar-refractivity contribution in [3.05, 3.63) is 0 Å². The lowest BCUT2D eigenvalue weighted by atomic mass is 9.83. The molecule has 0 N–H and O–H groups in total. The van der Waals surface area contributed by atoms with Crippen LogP contribution in [0.5, 0.6) is 0 Å². The molecule has 1 saturated heterocycles. The van der Waals surface area contributed by atoms with E-state index >= 15 is 0 Å². The highest BCUT2D eigenvalue weighted by atomic mass is 16.2. The van der Waals surface area contributed by atoms with Crippen molar-refractivity contribution in [3.8, 4) is 0 Å². The second-order valence-corrected chi connectivity index (χ2v) is 6.65. The van der Waals surface area contributed by atoms with Gasteiger partial charge >= 0.3 is 0 Å². The number of carbonyl (C=O) groups is 1. The summed E-state index contributed by atoms with van der Waals surface area (Å²) in [6, 6.07) is 0. The lowest BCUT2D eigenvalue weighted by molar-refractivity contribution is -0.129. The predicted molar refractivity (Wildman–Crippen MR) is 77.6 cm³/mol. The average Bonchev–Trinajstić information content (AvgIpc) is 2.30. The summed E-state index contributed by atoms with van der Waals surface area (Å²) < 4.78 is 0. The first-order chi connectivity index (χ1) is 8.51. The molecule has 0 unspecified atom stereocenters. The van der Waals surface area contributed by atoms with Crippen molar-refractivity contribution in [1.29, 1.82) is 0 Å². The summed E-state index contributed by atoms with van der Waals surface area (Å²) in [6.07, 6.45) is 11.8. The summed E-state index contributed by atoms with van der Waals surface area (Å²) in [6.45, 7) is 8.33. The molecule has 106 valence electrons. The van der Waals surface area contributed by atoms with Crippen molar-refractivity contribution in [1.82, 2.24) is 4.90 Å². The Bertz CT molecular complexity index is 247. The quantitative estimate of drug-likeness (QED) is 0.627. The molecule has 1 heterocycles. The van der Waals surface area contributed by atoms with Crippen LogP contribution in [0.4, 0.5) is 0 Å². The van der Waals surface area contributed by atoms with E-state index in [2.05, 4.69) is 18.7 Å². The molecule has 1 fully saturated rings. The monoisotopic (exact) mass is 253 g/mol. The van der Waals surface area contributed by atoms with E-state index in [1.807, 2.05) is 0 Å². The molecule has 0 spiro atoms. The summed E-state index contributed by atoms with van der Waals surface area (Å²) in [5.74, 6) is 0.251. The molecule has 0 aromatic heterocycles. The average molecular weight is 253 g/mol. The predicted octanol–water partition coefficient (Wildman–Crippen LogP) is 4.39. The van der Waals surface area contributed by atoms with Crippen molar-refractivity contribution in [2.24, 2.45) is 5.41 Å². The third-order valence-electron chi connectivity index (χ3n) is 4.29. The number of hydrogen-bond acceptors (Lipinski definition) is 1. The first kappa shape index (κ1) is 15.5. The van der Waals surface area contributed by atoms with Gasteiger partial charge in [-0.25, -0.2) is 0 Å². The van der Waals surface area contributed by atoms with Crippen LogP contribution in [0.1, 0.15) is 78.6 Å². The Labute approximate surface area is 113 Å². The van der Waals surface area contributed by atoms with E-state index < -0.39 is 0 Å². The number of nitrogens with zero attached hydrogens (tertiary/aromatic N) is 1. The van der Waals surface area contributed by atoms with Gasteiger partial charge in [-0.2, -0.15) is 0 Å². The minimum atomic E-state index is 0.251. The van der Waals surface area contributed by atoms with E-state index in [9.17, 15) is 4.79 Å². The van der Waals surface area contributed by atoms with Crippen LogP contribution in [-0.4, -0.2) is 23.9 Å². The molecule has 18 heavy (non-hydrogen) atoms. The maximum absolute atomic E-state index is 11.6. The third kappa shape index (κ3) is 6.42. The highest BCUT2D eigenvalue weighted by Crippen LogP contribution is 2.28. The first-order valence-electron chi connectivity index (χ1n) is 7.77. The van der Waals surface area contributed by atoms with Crippen LogP contribution in [0.25, 0.3) is 0 Å².